The zero-order valence-corrected chi connectivity index (χ0v) is 8.48. The van der Waals surface area contributed by atoms with Gasteiger partial charge in [0.05, 0.1) is 0 Å². The summed E-state index contributed by atoms with van der Waals surface area (Å²) in [7, 11) is 0. The van der Waals surface area contributed by atoms with Crippen LogP contribution in [0, 0.1) is 17.3 Å². The average molecular weight is 154 g/mol. The van der Waals surface area contributed by atoms with E-state index in [4.69, 9.17) is 0 Å². The first-order valence-electron chi connectivity index (χ1n) is 5.08. The summed E-state index contributed by atoms with van der Waals surface area (Å²) in [5, 5.41) is 0. The molecule has 0 heteroatoms. The number of rotatable bonds is 4. The van der Waals surface area contributed by atoms with Gasteiger partial charge in [-0.3, -0.25) is 0 Å². The number of hydrogen-bond acceptors (Lipinski definition) is 0. The first-order chi connectivity index (χ1) is 5.08. The van der Waals surface area contributed by atoms with Gasteiger partial charge in [-0.15, -0.1) is 0 Å². The van der Waals surface area contributed by atoms with E-state index in [1.165, 1.54) is 25.7 Å². The molecular formula is C11H22. The van der Waals surface area contributed by atoms with Crippen molar-refractivity contribution in [3.05, 3.63) is 0 Å². The zero-order chi connectivity index (χ0) is 8.48. The van der Waals surface area contributed by atoms with E-state index in [-0.39, 0.29) is 0 Å². The second kappa shape index (κ2) is 3.16. The predicted octanol–water partition coefficient (Wildman–Crippen LogP) is 3.86. The Morgan fingerprint density at radius 1 is 1.36 bits per heavy atom. The van der Waals surface area contributed by atoms with Crippen LogP contribution in [0.1, 0.15) is 53.4 Å². The lowest BCUT2D eigenvalue weighted by molar-refractivity contribution is 0.186. The average Bonchev–Trinajstić information content (AvgIpc) is 2.67. The normalized spacial score (nSPS) is 21.8. The van der Waals surface area contributed by atoms with Gasteiger partial charge >= 0.3 is 0 Å². The molecule has 0 amide bonds. The Balaban J connectivity index is 2.40. The Kier molecular flexibility index (Phi) is 2.61. The Morgan fingerprint density at radius 2 is 1.91 bits per heavy atom. The molecule has 0 N–H and O–H groups in total. The molecule has 1 rings (SSSR count). The second-order valence-corrected chi connectivity index (χ2v) is 4.86. The van der Waals surface area contributed by atoms with Crippen LogP contribution in [-0.2, 0) is 0 Å². The zero-order valence-electron chi connectivity index (χ0n) is 8.48. The molecule has 0 aromatic rings. The molecule has 11 heavy (non-hydrogen) atoms. The Hall–Kier alpha value is 0. The first-order valence-corrected chi connectivity index (χ1v) is 5.08. The van der Waals surface area contributed by atoms with Gasteiger partial charge in [0.2, 0.25) is 0 Å². The third-order valence-corrected chi connectivity index (χ3v) is 3.46. The molecule has 0 saturated heterocycles. The molecular weight excluding hydrogens is 132 g/mol. The van der Waals surface area contributed by atoms with Crippen molar-refractivity contribution < 1.29 is 0 Å². The van der Waals surface area contributed by atoms with E-state index in [1.54, 1.807) is 0 Å². The highest BCUT2D eigenvalue weighted by atomic mass is 14.4. The van der Waals surface area contributed by atoms with Crippen LogP contribution in [0.25, 0.3) is 0 Å². The molecule has 0 bridgehead atoms. The maximum absolute atomic E-state index is 2.44. The smallest absolute Gasteiger partial charge is 0.0326 e. The molecule has 1 aliphatic carbocycles. The second-order valence-electron chi connectivity index (χ2n) is 4.86. The van der Waals surface area contributed by atoms with Crippen LogP contribution in [-0.4, -0.2) is 0 Å². The van der Waals surface area contributed by atoms with Crippen molar-refractivity contribution in [3.63, 3.8) is 0 Å². The maximum Gasteiger partial charge on any atom is -0.0326 e. The fourth-order valence-corrected chi connectivity index (χ4v) is 2.11. The topological polar surface area (TPSA) is 0 Å². The van der Waals surface area contributed by atoms with Crippen molar-refractivity contribution >= 4 is 0 Å². The molecule has 1 fully saturated rings. The lowest BCUT2D eigenvalue weighted by Crippen LogP contribution is -2.22. The van der Waals surface area contributed by atoms with E-state index < -0.39 is 0 Å². The summed E-state index contributed by atoms with van der Waals surface area (Å²) in [5.41, 5.74) is 0.593. The minimum Gasteiger partial charge on any atom is -0.0654 e. The summed E-state index contributed by atoms with van der Waals surface area (Å²) in [6.07, 6.45) is 5.72. The minimum atomic E-state index is 0.593. The summed E-state index contributed by atoms with van der Waals surface area (Å²) in [6, 6.07) is 0. The summed E-state index contributed by atoms with van der Waals surface area (Å²) >= 11 is 0. The van der Waals surface area contributed by atoms with Gasteiger partial charge in [-0.05, 0) is 36.5 Å². The molecule has 0 heterocycles. The predicted molar refractivity (Wildman–Crippen MR) is 50.6 cm³/mol. The van der Waals surface area contributed by atoms with Crippen LogP contribution >= 0.6 is 0 Å². The molecule has 1 saturated carbocycles. The monoisotopic (exact) mass is 154 g/mol. The molecule has 1 unspecified atom stereocenters. The van der Waals surface area contributed by atoms with Crippen LogP contribution in [0.3, 0.4) is 0 Å². The molecule has 0 nitrogen and oxygen atoms in total. The third-order valence-electron chi connectivity index (χ3n) is 3.46. The Morgan fingerprint density at radius 3 is 2.27 bits per heavy atom. The highest BCUT2D eigenvalue weighted by molar-refractivity contribution is 4.87. The highest BCUT2D eigenvalue weighted by Gasteiger charge is 2.36. The molecule has 1 atom stereocenters. The number of hydrogen-bond donors (Lipinski definition) is 0. The van der Waals surface area contributed by atoms with Crippen molar-refractivity contribution in [2.75, 3.05) is 0 Å². The Bertz CT molecular complexity index is 120. The van der Waals surface area contributed by atoms with Crippen molar-refractivity contribution in [1.82, 2.24) is 0 Å². The molecule has 0 radical (unpaired) electrons. The largest absolute Gasteiger partial charge is 0.0654 e. The molecule has 1 aliphatic rings. The summed E-state index contributed by atoms with van der Waals surface area (Å²) < 4.78 is 0. The Labute approximate surface area is 71.4 Å². The standard InChI is InChI=1S/C11H22/c1-5-8-11(3,4)9(2)10-6-7-10/h9-10H,5-8H2,1-4H3. The van der Waals surface area contributed by atoms with E-state index in [2.05, 4.69) is 27.7 Å². The molecule has 0 aliphatic heterocycles. The summed E-state index contributed by atoms with van der Waals surface area (Å²) in [6.45, 7) is 9.59. The van der Waals surface area contributed by atoms with Gasteiger partial charge in [0, 0.05) is 0 Å². The van der Waals surface area contributed by atoms with Crippen molar-refractivity contribution in [2.45, 2.75) is 53.4 Å². The van der Waals surface area contributed by atoms with Gasteiger partial charge in [-0.1, -0.05) is 34.1 Å². The first kappa shape index (κ1) is 9.09. The minimum absolute atomic E-state index is 0.593. The summed E-state index contributed by atoms with van der Waals surface area (Å²) in [4.78, 5) is 0. The summed E-state index contributed by atoms with van der Waals surface area (Å²) in [5.74, 6) is 2.01. The van der Waals surface area contributed by atoms with Crippen LogP contribution < -0.4 is 0 Å². The molecule has 0 spiro atoms. The van der Waals surface area contributed by atoms with Crippen molar-refractivity contribution in [1.29, 1.82) is 0 Å². The lowest BCUT2D eigenvalue weighted by atomic mass is 9.74. The van der Waals surface area contributed by atoms with E-state index in [0.29, 0.717) is 5.41 Å². The fraction of sp³-hybridized carbons (Fsp3) is 1.00. The van der Waals surface area contributed by atoms with Gasteiger partial charge in [0.1, 0.15) is 0 Å². The highest BCUT2D eigenvalue weighted by Crippen LogP contribution is 2.47. The van der Waals surface area contributed by atoms with Gasteiger partial charge in [-0.2, -0.15) is 0 Å². The van der Waals surface area contributed by atoms with Crippen LogP contribution in [0.5, 0.6) is 0 Å². The van der Waals surface area contributed by atoms with E-state index >= 15 is 0 Å². The quantitative estimate of drug-likeness (QED) is 0.577. The maximum atomic E-state index is 2.44. The van der Waals surface area contributed by atoms with Gasteiger partial charge in [0.15, 0.2) is 0 Å². The van der Waals surface area contributed by atoms with E-state index in [0.717, 1.165) is 11.8 Å². The molecule has 0 aromatic carbocycles. The van der Waals surface area contributed by atoms with Gasteiger partial charge in [-0.25, -0.2) is 0 Å². The van der Waals surface area contributed by atoms with Gasteiger partial charge < -0.3 is 0 Å². The molecule has 0 aromatic heterocycles. The van der Waals surface area contributed by atoms with Gasteiger partial charge in [0.25, 0.3) is 0 Å². The van der Waals surface area contributed by atoms with Crippen LogP contribution in [0.4, 0.5) is 0 Å². The van der Waals surface area contributed by atoms with Crippen molar-refractivity contribution in [2.24, 2.45) is 17.3 Å². The SMILES string of the molecule is CCCC(C)(C)C(C)C1CC1. The van der Waals surface area contributed by atoms with E-state index in [9.17, 15) is 0 Å². The molecule has 66 valence electrons. The van der Waals surface area contributed by atoms with E-state index in [1.807, 2.05) is 0 Å². The third kappa shape index (κ3) is 2.21. The van der Waals surface area contributed by atoms with Crippen LogP contribution in [0.15, 0.2) is 0 Å². The van der Waals surface area contributed by atoms with Crippen LogP contribution in [0.2, 0.25) is 0 Å². The van der Waals surface area contributed by atoms with Crippen molar-refractivity contribution in [3.8, 4) is 0 Å². The lowest BCUT2D eigenvalue weighted by Gasteiger charge is -2.31. The fourth-order valence-electron chi connectivity index (χ4n) is 2.11.